The molecule has 3 aliphatic rings. The number of aliphatic hydroxyl groups is 1. The zero-order chi connectivity index (χ0) is 24.5. The van der Waals surface area contributed by atoms with Gasteiger partial charge in [0.05, 0.1) is 22.7 Å². The summed E-state index contributed by atoms with van der Waals surface area (Å²) in [6.07, 6.45) is 4.80. The topological polar surface area (TPSA) is 81.6 Å². The Morgan fingerprint density at radius 1 is 1.26 bits per heavy atom. The first kappa shape index (κ1) is 24.4. The van der Waals surface area contributed by atoms with Gasteiger partial charge in [-0.25, -0.2) is 14.4 Å². The Morgan fingerprint density at radius 3 is 2.74 bits per heavy atom. The number of carbonyl (C=O) groups is 1. The monoisotopic (exact) mass is 501 g/mol. The van der Waals surface area contributed by atoms with Gasteiger partial charge in [-0.1, -0.05) is 24.6 Å². The number of hydrogen-bond acceptors (Lipinski definition) is 6. The summed E-state index contributed by atoms with van der Waals surface area (Å²) >= 11 is 5.90. The summed E-state index contributed by atoms with van der Waals surface area (Å²) in [5.41, 5.74) is 2.42. The second-order valence-electron chi connectivity index (χ2n) is 10.1. The van der Waals surface area contributed by atoms with Crippen LogP contribution >= 0.6 is 11.6 Å². The number of piperazine rings is 1. The van der Waals surface area contributed by atoms with E-state index in [-0.39, 0.29) is 16.8 Å². The zero-order valence-electron chi connectivity index (χ0n) is 20.1. The van der Waals surface area contributed by atoms with Crippen molar-refractivity contribution < 1.29 is 14.3 Å². The molecular weight excluding hydrogens is 469 g/mol. The molecule has 0 spiro atoms. The van der Waals surface area contributed by atoms with E-state index in [0.717, 1.165) is 29.5 Å². The smallest absolute Gasteiger partial charge is 0.230 e. The number of benzene rings is 1. The average Bonchev–Trinajstić information content (AvgIpc) is 3.64. The first-order valence-electron chi connectivity index (χ1n) is 12.6. The molecule has 0 radical (unpaired) electrons. The summed E-state index contributed by atoms with van der Waals surface area (Å²) in [6.45, 7) is 6.22. The molecular formula is C26H33ClFN5O2. The van der Waals surface area contributed by atoms with Gasteiger partial charge in [0.25, 0.3) is 0 Å². The average molecular weight is 502 g/mol. The van der Waals surface area contributed by atoms with Crippen LogP contribution in [0.2, 0.25) is 5.02 Å². The molecule has 2 aromatic rings. The maximum Gasteiger partial charge on any atom is 0.230 e. The standard InChI is InChI=1S/C26H33ClFN5O2/c1-16-12-22(34)24-23(16)25(31-15-30-24)32-8-10-33(11-9-32)26(35)19(6-7-29-14-17-2-3-17)18-4-5-20(27)21(28)13-18/h4-5,13,15-17,19,22,29,34H,2-3,6-12,14H2,1H3/t16-,19-,22+/m1/s1. The van der Waals surface area contributed by atoms with Crippen LogP contribution < -0.4 is 10.2 Å². The van der Waals surface area contributed by atoms with Crippen molar-refractivity contribution in [2.75, 3.05) is 44.2 Å². The Morgan fingerprint density at radius 2 is 2.03 bits per heavy atom. The van der Waals surface area contributed by atoms with Crippen LogP contribution in [0, 0.1) is 11.7 Å². The molecule has 1 saturated carbocycles. The lowest BCUT2D eigenvalue weighted by Crippen LogP contribution is -2.50. The van der Waals surface area contributed by atoms with Crippen molar-refractivity contribution in [2.24, 2.45) is 5.92 Å². The largest absolute Gasteiger partial charge is 0.387 e. The number of fused-ring (bicyclic) bond motifs is 1. The SMILES string of the molecule is C[C@@H]1C[C@H](O)c2ncnc(N3CCN(C(=O)[C@H](CCNCC4CC4)c4ccc(Cl)c(F)c4)CC3)c21. The maximum absolute atomic E-state index is 14.2. The van der Waals surface area contributed by atoms with E-state index in [1.807, 2.05) is 4.90 Å². The van der Waals surface area contributed by atoms with Crippen molar-refractivity contribution in [2.45, 2.75) is 50.5 Å². The molecule has 9 heteroatoms. The minimum Gasteiger partial charge on any atom is -0.387 e. The lowest BCUT2D eigenvalue weighted by atomic mass is 9.93. The lowest BCUT2D eigenvalue weighted by molar-refractivity contribution is -0.133. The summed E-state index contributed by atoms with van der Waals surface area (Å²) in [7, 11) is 0. The van der Waals surface area contributed by atoms with Crippen LogP contribution in [0.1, 0.15) is 67.4 Å². The summed E-state index contributed by atoms with van der Waals surface area (Å²) < 4.78 is 14.2. The molecule has 1 aliphatic heterocycles. The van der Waals surface area contributed by atoms with Crippen molar-refractivity contribution >= 4 is 23.3 Å². The van der Waals surface area contributed by atoms with E-state index >= 15 is 0 Å². The van der Waals surface area contributed by atoms with Crippen LogP contribution in [0.5, 0.6) is 0 Å². The number of hydrogen-bond donors (Lipinski definition) is 2. The van der Waals surface area contributed by atoms with Gasteiger partial charge >= 0.3 is 0 Å². The highest BCUT2D eigenvalue weighted by Gasteiger charge is 2.35. The van der Waals surface area contributed by atoms with Gasteiger partial charge in [-0.15, -0.1) is 0 Å². The third-order valence-electron chi connectivity index (χ3n) is 7.55. The molecule has 1 aromatic carbocycles. The fourth-order valence-corrected chi connectivity index (χ4v) is 5.47. The van der Waals surface area contributed by atoms with E-state index in [4.69, 9.17) is 11.6 Å². The third-order valence-corrected chi connectivity index (χ3v) is 7.86. The van der Waals surface area contributed by atoms with Gasteiger partial charge in [0.2, 0.25) is 5.91 Å². The van der Waals surface area contributed by atoms with Gasteiger partial charge in [-0.05, 0) is 68.3 Å². The Labute approximate surface area is 210 Å². The highest BCUT2D eigenvalue weighted by atomic mass is 35.5. The number of nitrogens with one attached hydrogen (secondary N) is 1. The molecule has 3 atom stereocenters. The Hall–Kier alpha value is -2.29. The first-order chi connectivity index (χ1) is 16.9. The first-order valence-corrected chi connectivity index (χ1v) is 13.0. The number of rotatable bonds is 8. The number of aliphatic hydroxyl groups excluding tert-OH is 1. The minimum atomic E-state index is -0.543. The van der Waals surface area contributed by atoms with Gasteiger partial charge < -0.3 is 20.2 Å². The number of halogens is 2. The molecule has 1 amide bonds. The van der Waals surface area contributed by atoms with Gasteiger partial charge in [-0.3, -0.25) is 4.79 Å². The Kier molecular flexibility index (Phi) is 7.23. The minimum absolute atomic E-state index is 0.0244. The second-order valence-corrected chi connectivity index (χ2v) is 10.5. The molecule has 2 N–H and O–H groups in total. The molecule has 5 rings (SSSR count). The predicted octanol–water partition coefficient (Wildman–Crippen LogP) is 3.63. The van der Waals surface area contributed by atoms with Crippen molar-refractivity contribution in [3.05, 3.63) is 52.2 Å². The summed E-state index contributed by atoms with van der Waals surface area (Å²) in [5, 5.41) is 13.8. The van der Waals surface area contributed by atoms with Gasteiger partial charge in [0.1, 0.15) is 18.0 Å². The molecule has 1 aromatic heterocycles. The molecule has 188 valence electrons. The van der Waals surface area contributed by atoms with E-state index in [2.05, 4.69) is 27.1 Å². The summed E-state index contributed by atoms with van der Waals surface area (Å²) in [5.74, 6) is 0.939. The number of nitrogens with zero attached hydrogens (tertiary/aromatic N) is 4. The molecule has 0 unspecified atom stereocenters. The van der Waals surface area contributed by atoms with E-state index < -0.39 is 17.8 Å². The van der Waals surface area contributed by atoms with Gasteiger partial charge in [0, 0.05) is 31.7 Å². The molecule has 2 fully saturated rings. The third kappa shape index (κ3) is 5.29. The Bertz CT molecular complexity index is 1070. The molecule has 7 nitrogen and oxygen atoms in total. The lowest BCUT2D eigenvalue weighted by Gasteiger charge is -2.38. The van der Waals surface area contributed by atoms with E-state index in [1.54, 1.807) is 6.07 Å². The fourth-order valence-electron chi connectivity index (χ4n) is 5.35. The van der Waals surface area contributed by atoms with Crippen LogP contribution in [-0.4, -0.2) is 65.2 Å². The Balaban J connectivity index is 1.27. The van der Waals surface area contributed by atoms with Crippen LogP contribution in [0.3, 0.4) is 0 Å². The highest BCUT2D eigenvalue weighted by molar-refractivity contribution is 6.30. The summed E-state index contributed by atoms with van der Waals surface area (Å²) in [6, 6.07) is 4.70. The highest BCUT2D eigenvalue weighted by Crippen LogP contribution is 2.42. The number of anilines is 1. The number of amides is 1. The van der Waals surface area contributed by atoms with Crippen molar-refractivity contribution in [3.63, 3.8) is 0 Å². The van der Waals surface area contributed by atoms with E-state index in [0.29, 0.717) is 51.1 Å². The van der Waals surface area contributed by atoms with Crippen molar-refractivity contribution in [3.8, 4) is 0 Å². The van der Waals surface area contributed by atoms with E-state index in [1.165, 1.54) is 31.3 Å². The normalized spacial score (nSPS) is 22.9. The van der Waals surface area contributed by atoms with Gasteiger partial charge in [0.15, 0.2) is 0 Å². The molecule has 2 heterocycles. The molecule has 2 aliphatic carbocycles. The number of aromatic nitrogens is 2. The quantitative estimate of drug-likeness (QED) is 0.538. The predicted molar refractivity (Wildman–Crippen MR) is 133 cm³/mol. The van der Waals surface area contributed by atoms with Crippen molar-refractivity contribution in [1.29, 1.82) is 0 Å². The molecule has 1 saturated heterocycles. The van der Waals surface area contributed by atoms with Crippen molar-refractivity contribution in [1.82, 2.24) is 20.2 Å². The van der Waals surface area contributed by atoms with E-state index in [9.17, 15) is 14.3 Å². The fraction of sp³-hybridized carbons (Fsp3) is 0.577. The molecule has 0 bridgehead atoms. The maximum atomic E-state index is 14.2. The van der Waals surface area contributed by atoms with Crippen LogP contribution in [-0.2, 0) is 4.79 Å². The summed E-state index contributed by atoms with van der Waals surface area (Å²) in [4.78, 5) is 26.5. The zero-order valence-corrected chi connectivity index (χ0v) is 20.8. The number of carbonyl (C=O) groups excluding carboxylic acids is 1. The van der Waals surface area contributed by atoms with Gasteiger partial charge in [-0.2, -0.15) is 0 Å². The van der Waals surface area contributed by atoms with Crippen LogP contribution in [0.25, 0.3) is 0 Å². The van der Waals surface area contributed by atoms with Crippen LogP contribution in [0.15, 0.2) is 24.5 Å². The van der Waals surface area contributed by atoms with Crippen LogP contribution in [0.4, 0.5) is 10.2 Å². The molecule has 35 heavy (non-hydrogen) atoms. The second kappa shape index (κ2) is 10.4.